The zero-order valence-electron chi connectivity index (χ0n) is 15.9. The summed E-state index contributed by atoms with van der Waals surface area (Å²) < 4.78 is 29.8. The van der Waals surface area contributed by atoms with E-state index in [1.807, 2.05) is 65.1 Å². The largest absolute Gasteiger partial charge is 0.348 e. The van der Waals surface area contributed by atoms with E-state index in [0.29, 0.717) is 6.61 Å². The number of anilines is 1. The highest BCUT2D eigenvalue weighted by atomic mass is 16.9. The fourth-order valence-corrected chi connectivity index (χ4v) is 3.68. The summed E-state index contributed by atoms with van der Waals surface area (Å²) in [5, 5.41) is 1.74. The van der Waals surface area contributed by atoms with Crippen molar-refractivity contribution in [3.05, 3.63) is 30.3 Å². The molecule has 3 saturated heterocycles. The highest BCUT2D eigenvalue weighted by Gasteiger charge is 2.59. The summed E-state index contributed by atoms with van der Waals surface area (Å²) >= 11 is 0. The molecule has 0 bridgehead atoms. The van der Waals surface area contributed by atoms with Crippen LogP contribution in [0, 0.1) is 0 Å². The van der Waals surface area contributed by atoms with Crippen LogP contribution in [0.25, 0.3) is 0 Å². The molecule has 144 valence electrons. The molecular weight excluding hydrogens is 338 g/mol. The van der Waals surface area contributed by atoms with Crippen LogP contribution in [-0.4, -0.2) is 55.9 Å². The van der Waals surface area contributed by atoms with Gasteiger partial charge in [0.15, 0.2) is 17.9 Å². The Hall–Kier alpha value is -1.22. The van der Waals surface area contributed by atoms with Gasteiger partial charge >= 0.3 is 0 Å². The topological polar surface area (TPSA) is 58.6 Å². The van der Waals surface area contributed by atoms with Gasteiger partial charge < -0.3 is 23.7 Å². The number of fused-ring (bicyclic) bond motifs is 1. The second kappa shape index (κ2) is 6.44. The molecule has 7 nitrogen and oxygen atoms in total. The molecule has 0 radical (unpaired) electrons. The average Bonchev–Trinajstić information content (AvgIpc) is 3.18. The summed E-state index contributed by atoms with van der Waals surface area (Å²) in [6.45, 7) is 7.98. The van der Waals surface area contributed by atoms with E-state index in [0.717, 1.165) is 5.69 Å². The van der Waals surface area contributed by atoms with Crippen LogP contribution in [0.5, 0.6) is 0 Å². The second-order valence-corrected chi connectivity index (χ2v) is 7.84. The lowest BCUT2D eigenvalue weighted by molar-refractivity contribution is -0.236. The SMILES string of the molecule is CN(OC1[C@@H]2OC(C)(C)O[C@H]2O[C@@H]1[C@H]1COC(C)(C)O1)c1ccccc1. The number of hydrogen-bond donors (Lipinski definition) is 0. The van der Waals surface area contributed by atoms with Crippen molar-refractivity contribution in [3.8, 4) is 0 Å². The molecule has 5 atom stereocenters. The number of nitrogens with zero attached hydrogens (tertiary/aromatic N) is 1. The van der Waals surface area contributed by atoms with Gasteiger partial charge in [0.25, 0.3) is 0 Å². The lowest BCUT2D eigenvalue weighted by Gasteiger charge is -2.31. The van der Waals surface area contributed by atoms with Crippen molar-refractivity contribution in [2.24, 2.45) is 0 Å². The highest BCUT2D eigenvalue weighted by molar-refractivity contribution is 5.42. The monoisotopic (exact) mass is 365 g/mol. The molecule has 0 spiro atoms. The molecule has 1 aromatic carbocycles. The number of hydrogen-bond acceptors (Lipinski definition) is 7. The van der Waals surface area contributed by atoms with Crippen molar-refractivity contribution in [1.29, 1.82) is 0 Å². The smallest absolute Gasteiger partial charge is 0.190 e. The van der Waals surface area contributed by atoms with Gasteiger partial charge in [0.05, 0.1) is 12.3 Å². The Balaban J connectivity index is 1.54. The molecular formula is C19H27NO6. The van der Waals surface area contributed by atoms with Crippen molar-refractivity contribution in [2.45, 2.75) is 70.0 Å². The predicted molar refractivity (Wildman–Crippen MR) is 93.3 cm³/mol. The minimum Gasteiger partial charge on any atom is -0.348 e. The van der Waals surface area contributed by atoms with E-state index in [9.17, 15) is 0 Å². The molecule has 0 amide bonds. The van der Waals surface area contributed by atoms with E-state index >= 15 is 0 Å². The van der Waals surface area contributed by atoms with E-state index in [4.69, 9.17) is 28.5 Å². The first-order valence-corrected chi connectivity index (χ1v) is 9.03. The molecule has 26 heavy (non-hydrogen) atoms. The third-order valence-electron chi connectivity index (χ3n) is 4.82. The molecule has 3 heterocycles. The summed E-state index contributed by atoms with van der Waals surface area (Å²) in [6.07, 6.45) is -1.81. The maximum Gasteiger partial charge on any atom is 0.190 e. The summed E-state index contributed by atoms with van der Waals surface area (Å²) in [5.41, 5.74) is 0.941. The third kappa shape index (κ3) is 3.47. The van der Waals surface area contributed by atoms with Crippen LogP contribution >= 0.6 is 0 Å². The number of para-hydroxylation sites is 1. The van der Waals surface area contributed by atoms with E-state index in [1.54, 1.807) is 5.06 Å². The van der Waals surface area contributed by atoms with Crippen LogP contribution < -0.4 is 5.06 Å². The maximum absolute atomic E-state index is 6.27. The zero-order valence-corrected chi connectivity index (χ0v) is 15.9. The van der Waals surface area contributed by atoms with Crippen molar-refractivity contribution in [2.75, 3.05) is 18.7 Å². The first-order valence-electron chi connectivity index (χ1n) is 9.03. The highest BCUT2D eigenvalue weighted by Crippen LogP contribution is 2.42. The molecule has 3 fully saturated rings. The lowest BCUT2D eigenvalue weighted by Crippen LogP contribution is -2.46. The Bertz CT molecular complexity index is 636. The Labute approximate surface area is 154 Å². The predicted octanol–water partition coefficient (Wildman–Crippen LogP) is 2.45. The van der Waals surface area contributed by atoms with Crippen LogP contribution in [0.4, 0.5) is 5.69 Å². The van der Waals surface area contributed by atoms with Crippen LogP contribution in [-0.2, 0) is 28.5 Å². The summed E-state index contributed by atoms with van der Waals surface area (Å²) in [4.78, 5) is 6.27. The van der Waals surface area contributed by atoms with Crippen LogP contribution in [0.1, 0.15) is 27.7 Å². The first-order chi connectivity index (χ1) is 12.2. The lowest BCUT2D eigenvalue weighted by atomic mass is 10.1. The van der Waals surface area contributed by atoms with Crippen molar-refractivity contribution >= 4 is 5.69 Å². The minimum atomic E-state index is -0.709. The Kier molecular flexibility index (Phi) is 4.50. The van der Waals surface area contributed by atoms with Crippen molar-refractivity contribution in [1.82, 2.24) is 0 Å². The maximum atomic E-state index is 6.27. The van der Waals surface area contributed by atoms with Gasteiger partial charge in [-0.05, 0) is 39.8 Å². The Morgan fingerprint density at radius 3 is 2.35 bits per heavy atom. The number of hydroxylamine groups is 1. The standard InChI is InChI=1S/C19H27NO6/c1-18(2)21-11-13(23-18)14-15(16-17(22-14)25-19(3,4)24-16)26-20(5)12-9-7-6-8-10-12/h6-10,13-17H,11H2,1-5H3/t13-,14-,15?,16+,17-/m1/s1. The molecule has 0 aliphatic carbocycles. The van der Waals surface area contributed by atoms with Crippen molar-refractivity contribution in [3.63, 3.8) is 0 Å². The van der Waals surface area contributed by atoms with Gasteiger partial charge in [-0.15, -0.1) is 0 Å². The molecule has 3 aliphatic heterocycles. The zero-order chi connectivity index (χ0) is 18.5. The average molecular weight is 365 g/mol. The van der Waals surface area contributed by atoms with Crippen LogP contribution in [0.2, 0.25) is 0 Å². The molecule has 0 saturated carbocycles. The Morgan fingerprint density at radius 1 is 0.962 bits per heavy atom. The molecule has 0 aromatic heterocycles. The van der Waals surface area contributed by atoms with Crippen LogP contribution in [0.3, 0.4) is 0 Å². The Morgan fingerprint density at radius 2 is 1.69 bits per heavy atom. The van der Waals surface area contributed by atoms with E-state index in [2.05, 4.69) is 0 Å². The first kappa shape index (κ1) is 18.2. The van der Waals surface area contributed by atoms with Crippen LogP contribution in [0.15, 0.2) is 30.3 Å². The molecule has 0 N–H and O–H groups in total. The van der Waals surface area contributed by atoms with Gasteiger partial charge in [0, 0.05) is 7.05 Å². The number of ether oxygens (including phenoxy) is 5. The fraction of sp³-hybridized carbons (Fsp3) is 0.684. The van der Waals surface area contributed by atoms with Gasteiger partial charge in [-0.2, -0.15) is 0 Å². The van der Waals surface area contributed by atoms with Gasteiger partial charge in [-0.3, -0.25) is 9.90 Å². The molecule has 1 unspecified atom stereocenters. The third-order valence-corrected chi connectivity index (χ3v) is 4.82. The summed E-state index contributed by atoms with van der Waals surface area (Å²) in [5.74, 6) is -1.35. The quantitative estimate of drug-likeness (QED) is 0.760. The summed E-state index contributed by atoms with van der Waals surface area (Å²) in [7, 11) is 1.87. The molecule has 4 rings (SSSR count). The van der Waals surface area contributed by atoms with Gasteiger partial charge in [0.1, 0.15) is 24.4 Å². The van der Waals surface area contributed by atoms with E-state index in [-0.39, 0.29) is 24.4 Å². The van der Waals surface area contributed by atoms with E-state index in [1.165, 1.54) is 0 Å². The van der Waals surface area contributed by atoms with Gasteiger partial charge in [0.2, 0.25) is 0 Å². The fourth-order valence-electron chi connectivity index (χ4n) is 3.68. The normalized spacial score (nSPS) is 37.7. The molecule has 7 heteroatoms. The molecule has 3 aliphatic rings. The minimum absolute atomic E-state index is 0.250. The number of rotatable bonds is 4. The van der Waals surface area contributed by atoms with Crippen molar-refractivity contribution < 1.29 is 28.5 Å². The van der Waals surface area contributed by atoms with Gasteiger partial charge in [-0.25, -0.2) is 0 Å². The second-order valence-electron chi connectivity index (χ2n) is 7.84. The molecule has 1 aromatic rings. The number of benzene rings is 1. The summed E-state index contributed by atoms with van der Waals surface area (Å²) in [6, 6.07) is 9.87. The van der Waals surface area contributed by atoms with E-state index < -0.39 is 17.9 Å². The van der Waals surface area contributed by atoms with Gasteiger partial charge in [-0.1, -0.05) is 18.2 Å².